The number of anilines is 3. The van der Waals surface area contributed by atoms with Crippen LogP contribution in [0.1, 0.15) is 72.2 Å². The van der Waals surface area contributed by atoms with Crippen molar-refractivity contribution < 1.29 is 14.7 Å². The minimum absolute atomic E-state index is 0.0972. The summed E-state index contributed by atoms with van der Waals surface area (Å²) < 4.78 is 0. The average Bonchev–Trinajstić information content (AvgIpc) is 2.88. The average molecular weight is 497 g/mol. The van der Waals surface area contributed by atoms with Crippen LogP contribution in [0.4, 0.5) is 17.1 Å². The predicted octanol–water partition coefficient (Wildman–Crippen LogP) is 7.51. The van der Waals surface area contributed by atoms with Gasteiger partial charge in [-0.1, -0.05) is 38.1 Å². The van der Waals surface area contributed by atoms with Gasteiger partial charge in [-0.2, -0.15) is 0 Å². The lowest BCUT2D eigenvalue weighted by Gasteiger charge is -2.47. The van der Waals surface area contributed by atoms with Gasteiger partial charge < -0.3 is 15.3 Å². The van der Waals surface area contributed by atoms with Gasteiger partial charge in [-0.15, -0.1) is 0 Å². The summed E-state index contributed by atoms with van der Waals surface area (Å²) in [4.78, 5) is 25.9. The van der Waals surface area contributed by atoms with Gasteiger partial charge in [0.1, 0.15) is 0 Å². The topological polar surface area (TPSA) is 69.6 Å². The Morgan fingerprint density at radius 3 is 2.03 bits per heavy atom. The Labute approximate surface area is 219 Å². The highest BCUT2D eigenvalue weighted by molar-refractivity contribution is 6.09. The van der Waals surface area contributed by atoms with E-state index in [0.29, 0.717) is 11.3 Å². The molecule has 2 N–H and O–H groups in total. The van der Waals surface area contributed by atoms with E-state index in [9.17, 15) is 14.7 Å². The Balaban J connectivity index is 1.25. The zero-order chi connectivity index (χ0) is 26.2. The van der Waals surface area contributed by atoms with Crippen LogP contribution in [0.25, 0.3) is 0 Å². The largest absolute Gasteiger partial charge is 0.478 e. The summed E-state index contributed by atoms with van der Waals surface area (Å²) in [7, 11) is 1.60. The quantitative estimate of drug-likeness (QED) is 0.370. The summed E-state index contributed by atoms with van der Waals surface area (Å²) in [6, 6.07) is 22.7. The number of aromatic carboxylic acids is 1. The molecule has 0 radical (unpaired) electrons. The van der Waals surface area contributed by atoms with Crippen LogP contribution >= 0.6 is 0 Å². The number of fused-ring (bicyclic) bond motifs is 2. The summed E-state index contributed by atoms with van der Waals surface area (Å²) in [6.07, 6.45) is 6.76. The van der Waals surface area contributed by atoms with Crippen LogP contribution in [0.15, 0.2) is 72.8 Å². The number of hydrogen-bond acceptors (Lipinski definition) is 3. The molecule has 192 valence electrons. The van der Waals surface area contributed by atoms with Crippen LogP contribution in [0.5, 0.6) is 0 Å². The number of carbonyl (C=O) groups is 2. The Hall–Kier alpha value is -3.60. The molecule has 2 aliphatic carbocycles. The van der Waals surface area contributed by atoms with Crippen LogP contribution in [0.3, 0.4) is 0 Å². The number of para-hydroxylation sites is 1. The van der Waals surface area contributed by atoms with Crippen LogP contribution < -0.4 is 10.2 Å². The standard InChI is InChI=1S/C32H36N2O3/c1-21-16-22-18-23(17-21)20-32(2,19-22)25-10-14-27(15-11-25)33-26-12-8-24(9-13-26)30(35)34(3)29-7-5-4-6-28(29)31(36)37/h4-15,21-23,33H,16-20H2,1-3H3,(H,36,37). The van der Waals surface area contributed by atoms with Gasteiger partial charge in [-0.25, -0.2) is 4.79 Å². The third-order valence-electron chi connectivity index (χ3n) is 8.42. The lowest BCUT2D eigenvalue weighted by atomic mass is 9.57. The SMILES string of the molecule is CC1CC2CC(C1)CC(C)(c1ccc(Nc3ccc(C(=O)N(C)c4ccccc4C(=O)O)cc3)cc1)C2. The van der Waals surface area contributed by atoms with Gasteiger partial charge in [-0.05, 0) is 109 Å². The van der Waals surface area contributed by atoms with Crippen LogP contribution in [-0.4, -0.2) is 24.0 Å². The highest BCUT2D eigenvalue weighted by Crippen LogP contribution is 2.51. The molecule has 2 fully saturated rings. The molecule has 2 saturated carbocycles. The first-order chi connectivity index (χ1) is 17.7. The van der Waals surface area contributed by atoms with Crippen molar-refractivity contribution in [2.75, 3.05) is 17.3 Å². The second-order valence-corrected chi connectivity index (χ2v) is 11.5. The van der Waals surface area contributed by atoms with Crippen molar-refractivity contribution in [3.63, 3.8) is 0 Å². The molecule has 2 aliphatic rings. The maximum Gasteiger partial charge on any atom is 0.337 e. The number of amides is 1. The highest BCUT2D eigenvalue weighted by Gasteiger charge is 2.41. The number of carboxylic acid groups (broad SMARTS) is 1. The first-order valence-electron chi connectivity index (χ1n) is 13.3. The molecule has 3 aromatic carbocycles. The third-order valence-corrected chi connectivity index (χ3v) is 8.42. The van der Waals surface area contributed by atoms with E-state index in [0.717, 1.165) is 29.1 Å². The summed E-state index contributed by atoms with van der Waals surface area (Å²) in [5, 5.41) is 12.9. The van der Waals surface area contributed by atoms with E-state index in [-0.39, 0.29) is 16.9 Å². The summed E-state index contributed by atoms with van der Waals surface area (Å²) in [6.45, 7) is 4.87. The Morgan fingerprint density at radius 2 is 1.43 bits per heavy atom. The molecule has 0 spiro atoms. The van der Waals surface area contributed by atoms with Gasteiger partial charge >= 0.3 is 5.97 Å². The van der Waals surface area contributed by atoms with Crippen LogP contribution in [0, 0.1) is 17.8 Å². The maximum atomic E-state index is 13.0. The van der Waals surface area contributed by atoms with Gasteiger partial charge in [0.25, 0.3) is 5.91 Å². The van der Waals surface area contributed by atoms with Crippen molar-refractivity contribution >= 4 is 28.9 Å². The van der Waals surface area contributed by atoms with Crippen molar-refractivity contribution in [1.29, 1.82) is 0 Å². The first kappa shape index (κ1) is 25.1. The third kappa shape index (κ3) is 5.27. The maximum absolute atomic E-state index is 13.0. The fourth-order valence-electron chi connectivity index (χ4n) is 6.89. The molecule has 0 heterocycles. The zero-order valence-electron chi connectivity index (χ0n) is 21.9. The molecular weight excluding hydrogens is 460 g/mol. The molecule has 5 nitrogen and oxygen atoms in total. The van der Waals surface area contributed by atoms with E-state index in [1.54, 1.807) is 37.4 Å². The van der Waals surface area contributed by atoms with Crippen molar-refractivity contribution in [2.45, 2.75) is 51.4 Å². The van der Waals surface area contributed by atoms with Crippen LogP contribution in [0.2, 0.25) is 0 Å². The lowest BCUT2D eigenvalue weighted by molar-refractivity contribution is 0.0697. The van der Waals surface area contributed by atoms with E-state index in [2.05, 4.69) is 43.4 Å². The number of nitrogens with zero attached hydrogens (tertiary/aromatic N) is 1. The second kappa shape index (κ2) is 10.0. The minimum Gasteiger partial charge on any atom is -0.478 e. The number of carboxylic acids is 1. The normalized spacial score (nSPS) is 24.8. The molecule has 3 aromatic rings. The summed E-state index contributed by atoms with van der Waals surface area (Å²) in [5.74, 6) is 1.29. The summed E-state index contributed by atoms with van der Waals surface area (Å²) >= 11 is 0. The molecule has 1 amide bonds. The number of hydrogen-bond donors (Lipinski definition) is 2. The molecule has 2 unspecified atom stereocenters. The molecule has 0 aromatic heterocycles. The Bertz CT molecular complexity index is 1260. The molecule has 2 bridgehead atoms. The van der Waals surface area contributed by atoms with Gasteiger partial charge in [0.15, 0.2) is 0 Å². The minimum atomic E-state index is -1.06. The number of rotatable bonds is 6. The molecular formula is C32H36N2O3. The van der Waals surface area contributed by atoms with E-state index >= 15 is 0 Å². The Morgan fingerprint density at radius 1 is 0.865 bits per heavy atom. The van der Waals surface area contributed by atoms with Crippen molar-refractivity contribution in [1.82, 2.24) is 0 Å². The van der Waals surface area contributed by atoms with Gasteiger partial charge in [0.05, 0.1) is 11.3 Å². The van der Waals surface area contributed by atoms with E-state index in [1.807, 2.05) is 12.1 Å². The second-order valence-electron chi connectivity index (χ2n) is 11.5. The molecule has 2 atom stereocenters. The fraction of sp³-hybridized carbons (Fsp3) is 0.375. The zero-order valence-corrected chi connectivity index (χ0v) is 21.9. The molecule has 37 heavy (non-hydrogen) atoms. The van der Waals surface area contributed by atoms with Crippen LogP contribution in [-0.2, 0) is 5.41 Å². The molecule has 5 rings (SSSR count). The van der Waals surface area contributed by atoms with E-state index in [4.69, 9.17) is 0 Å². The van der Waals surface area contributed by atoms with Crippen molar-refractivity contribution in [2.24, 2.45) is 17.8 Å². The molecule has 0 saturated heterocycles. The van der Waals surface area contributed by atoms with Gasteiger partial charge in [-0.3, -0.25) is 4.79 Å². The molecule has 5 heteroatoms. The predicted molar refractivity (Wildman–Crippen MR) is 149 cm³/mol. The summed E-state index contributed by atoms with van der Waals surface area (Å²) in [5.41, 5.74) is 4.57. The van der Waals surface area contributed by atoms with E-state index in [1.165, 1.54) is 48.6 Å². The van der Waals surface area contributed by atoms with Gasteiger partial charge in [0.2, 0.25) is 0 Å². The smallest absolute Gasteiger partial charge is 0.337 e. The highest BCUT2D eigenvalue weighted by atomic mass is 16.4. The lowest BCUT2D eigenvalue weighted by Crippen LogP contribution is -2.38. The van der Waals surface area contributed by atoms with Gasteiger partial charge in [0, 0.05) is 24.0 Å². The number of benzene rings is 3. The number of nitrogens with one attached hydrogen (secondary N) is 1. The molecule has 0 aliphatic heterocycles. The number of carbonyl (C=O) groups excluding carboxylic acids is 1. The Kier molecular flexibility index (Phi) is 6.80. The monoisotopic (exact) mass is 496 g/mol. The van der Waals surface area contributed by atoms with Crippen molar-refractivity contribution in [3.05, 3.63) is 89.5 Å². The van der Waals surface area contributed by atoms with E-state index < -0.39 is 5.97 Å². The van der Waals surface area contributed by atoms with Crippen molar-refractivity contribution in [3.8, 4) is 0 Å². The first-order valence-corrected chi connectivity index (χ1v) is 13.3. The fourth-order valence-corrected chi connectivity index (χ4v) is 6.89.